The van der Waals surface area contributed by atoms with Crippen LogP contribution in [0.3, 0.4) is 0 Å². The van der Waals surface area contributed by atoms with Crippen LogP contribution in [0.2, 0.25) is 0 Å². The molecular weight excluding hydrogens is 314 g/mol. The van der Waals surface area contributed by atoms with E-state index in [0.29, 0.717) is 18.8 Å². The number of hydrogen-bond donors (Lipinski definition) is 1. The fraction of sp³-hybridized carbons (Fsp3) is 0.200. The van der Waals surface area contributed by atoms with Crippen molar-refractivity contribution >= 4 is 28.2 Å². The second kappa shape index (κ2) is 6.91. The molecule has 0 unspecified atom stereocenters. The zero-order valence-corrected chi connectivity index (χ0v) is 13.8. The maximum Gasteiger partial charge on any atom is 0.255 e. The Bertz CT molecular complexity index is 904. The molecule has 0 radical (unpaired) electrons. The predicted molar refractivity (Wildman–Crippen MR) is 99.2 cm³/mol. The van der Waals surface area contributed by atoms with Crippen LogP contribution in [0.25, 0.3) is 10.8 Å². The summed E-state index contributed by atoms with van der Waals surface area (Å²) in [5.74, 6) is 0.682. The van der Waals surface area contributed by atoms with Crippen molar-refractivity contribution in [3.63, 3.8) is 0 Å². The second-order valence-electron chi connectivity index (χ2n) is 6.02. The highest BCUT2D eigenvalue weighted by Gasteiger charge is 2.14. The van der Waals surface area contributed by atoms with Crippen LogP contribution in [0.1, 0.15) is 10.4 Å². The number of fused-ring (bicyclic) bond motifs is 1. The standard InChI is InChI=1S/C20H19N3O2/c24-20(22-18-6-5-15-3-1-2-4-16(15)13-18)17-7-8-21-19(14-17)23-9-11-25-12-10-23/h1-8,13-14H,9-12H2,(H,22,24). The Morgan fingerprint density at radius 3 is 2.64 bits per heavy atom. The fourth-order valence-electron chi connectivity index (χ4n) is 3.00. The van der Waals surface area contributed by atoms with E-state index in [0.717, 1.165) is 35.4 Å². The van der Waals surface area contributed by atoms with Gasteiger partial charge in [0.15, 0.2) is 0 Å². The number of nitrogens with one attached hydrogen (secondary N) is 1. The molecule has 1 aromatic heterocycles. The molecule has 3 aromatic rings. The first kappa shape index (κ1) is 15.6. The Labute approximate surface area is 146 Å². The van der Waals surface area contributed by atoms with Crippen molar-refractivity contribution in [1.29, 1.82) is 0 Å². The Morgan fingerprint density at radius 1 is 1.00 bits per heavy atom. The molecule has 5 heteroatoms. The first-order valence-corrected chi connectivity index (χ1v) is 8.38. The number of rotatable bonds is 3. The monoisotopic (exact) mass is 333 g/mol. The topological polar surface area (TPSA) is 54.5 Å². The molecule has 0 bridgehead atoms. The van der Waals surface area contributed by atoms with Gasteiger partial charge in [-0.3, -0.25) is 4.79 Å². The number of benzene rings is 2. The molecule has 2 heterocycles. The number of hydrogen-bond acceptors (Lipinski definition) is 4. The fourth-order valence-corrected chi connectivity index (χ4v) is 3.00. The minimum Gasteiger partial charge on any atom is -0.378 e. The molecule has 0 saturated carbocycles. The van der Waals surface area contributed by atoms with Gasteiger partial charge in [0.2, 0.25) is 0 Å². The highest BCUT2D eigenvalue weighted by molar-refractivity contribution is 6.05. The first-order chi connectivity index (χ1) is 12.3. The Balaban J connectivity index is 1.53. The van der Waals surface area contributed by atoms with Crippen LogP contribution in [-0.2, 0) is 4.74 Å². The van der Waals surface area contributed by atoms with E-state index in [1.54, 1.807) is 12.3 Å². The van der Waals surface area contributed by atoms with Gasteiger partial charge in [0, 0.05) is 30.5 Å². The Kier molecular flexibility index (Phi) is 4.31. The van der Waals surface area contributed by atoms with Crippen molar-refractivity contribution in [2.45, 2.75) is 0 Å². The van der Waals surface area contributed by atoms with E-state index in [1.165, 1.54) is 0 Å². The lowest BCUT2D eigenvalue weighted by Crippen LogP contribution is -2.36. The molecule has 1 saturated heterocycles. The maximum atomic E-state index is 12.6. The number of carbonyl (C=O) groups excluding carboxylic acids is 1. The summed E-state index contributed by atoms with van der Waals surface area (Å²) in [5, 5.41) is 5.22. The third-order valence-electron chi connectivity index (χ3n) is 4.35. The number of nitrogens with zero attached hydrogens (tertiary/aromatic N) is 2. The largest absolute Gasteiger partial charge is 0.378 e. The number of carbonyl (C=O) groups is 1. The summed E-state index contributed by atoms with van der Waals surface area (Å²) in [5.41, 5.74) is 1.39. The average Bonchev–Trinajstić information content (AvgIpc) is 2.69. The summed E-state index contributed by atoms with van der Waals surface area (Å²) in [7, 11) is 0. The third-order valence-corrected chi connectivity index (χ3v) is 4.35. The highest BCUT2D eigenvalue weighted by atomic mass is 16.5. The molecule has 1 aliphatic rings. The number of anilines is 2. The van der Waals surface area contributed by atoms with E-state index in [2.05, 4.69) is 21.3 Å². The van der Waals surface area contributed by atoms with E-state index in [1.807, 2.05) is 42.5 Å². The summed E-state index contributed by atoms with van der Waals surface area (Å²) in [6.07, 6.45) is 1.68. The Hall–Kier alpha value is -2.92. The van der Waals surface area contributed by atoms with Gasteiger partial charge in [0.1, 0.15) is 5.82 Å². The average molecular weight is 333 g/mol. The number of aromatic nitrogens is 1. The van der Waals surface area contributed by atoms with Crippen molar-refractivity contribution < 1.29 is 9.53 Å². The van der Waals surface area contributed by atoms with Gasteiger partial charge in [-0.2, -0.15) is 0 Å². The van der Waals surface area contributed by atoms with Crippen molar-refractivity contribution in [3.8, 4) is 0 Å². The van der Waals surface area contributed by atoms with Crippen LogP contribution in [0.15, 0.2) is 60.8 Å². The van der Waals surface area contributed by atoms with Gasteiger partial charge in [-0.25, -0.2) is 4.98 Å². The SMILES string of the molecule is O=C(Nc1ccc2ccccc2c1)c1ccnc(N2CCOCC2)c1. The number of pyridine rings is 1. The summed E-state index contributed by atoms with van der Waals surface area (Å²) in [4.78, 5) is 19.1. The molecule has 5 nitrogen and oxygen atoms in total. The normalized spacial score (nSPS) is 14.5. The van der Waals surface area contributed by atoms with Crippen LogP contribution in [-0.4, -0.2) is 37.2 Å². The molecule has 1 N–H and O–H groups in total. The maximum absolute atomic E-state index is 12.6. The molecule has 2 aromatic carbocycles. The molecule has 4 rings (SSSR count). The zero-order valence-electron chi connectivity index (χ0n) is 13.8. The van der Waals surface area contributed by atoms with E-state index < -0.39 is 0 Å². The van der Waals surface area contributed by atoms with Gasteiger partial charge in [0.05, 0.1) is 13.2 Å². The van der Waals surface area contributed by atoms with Crippen LogP contribution in [0.4, 0.5) is 11.5 Å². The van der Waals surface area contributed by atoms with Crippen molar-refractivity contribution in [1.82, 2.24) is 4.98 Å². The smallest absolute Gasteiger partial charge is 0.255 e. The van der Waals surface area contributed by atoms with Gasteiger partial charge in [-0.15, -0.1) is 0 Å². The molecule has 0 aliphatic carbocycles. The number of ether oxygens (including phenoxy) is 1. The third kappa shape index (κ3) is 3.46. The van der Waals surface area contributed by atoms with Crippen LogP contribution in [0, 0.1) is 0 Å². The first-order valence-electron chi connectivity index (χ1n) is 8.38. The number of amides is 1. The van der Waals surface area contributed by atoms with E-state index in [9.17, 15) is 4.79 Å². The van der Waals surface area contributed by atoms with E-state index in [4.69, 9.17) is 4.74 Å². The summed E-state index contributed by atoms with van der Waals surface area (Å²) in [6, 6.07) is 17.6. The zero-order chi connectivity index (χ0) is 17.1. The lowest BCUT2D eigenvalue weighted by molar-refractivity contribution is 0.102. The highest BCUT2D eigenvalue weighted by Crippen LogP contribution is 2.20. The van der Waals surface area contributed by atoms with Crippen LogP contribution in [0.5, 0.6) is 0 Å². The predicted octanol–water partition coefficient (Wildman–Crippen LogP) is 3.32. The lowest BCUT2D eigenvalue weighted by atomic mass is 10.1. The minimum atomic E-state index is -0.132. The summed E-state index contributed by atoms with van der Waals surface area (Å²) in [6.45, 7) is 2.97. The van der Waals surface area contributed by atoms with Crippen molar-refractivity contribution in [2.75, 3.05) is 36.5 Å². The van der Waals surface area contributed by atoms with E-state index >= 15 is 0 Å². The summed E-state index contributed by atoms with van der Waals surface area (Å²) >= 11 is 0. The van der Waals surface area contributed by atoms with Gasteiger partial charge >= 0.3 is 0 Å². The molecule has 0 atom stereocenters. The van der Waals surface area contributed by atoms with Gasteiger partial charge in [0.25, 0.3) is 5.91 Å². The Morgan fingerprint density at radius 2 is 1.80 bits per heavy atom. The molecular formula is C20H19N3O2. The van der Waals surface area contributed by atoms with Gasteiger partial charge in [-0.05, 0) is 35.0 Å². The van der Waals surface area contributed by atoms with Crippen molar-refractivity contribution in [2.24, 2.45) is 0 Å². The molecule has 1 fully saturated rings. The molecule has 0 spiro atoms. The van der Waals surface area contributed by atoms with Crippen LogP contribution < -0.4 is 10.2 Å². The molecule has 25 heavy (non-hydrogen) atoms. The number of morpholine rings is 1. The van der Waals surface area contributed by atoms with Crippen molar-refractivity contribution in [3.05, 3.63) is 66.4 Å². The second-order valence-corrected chi connectivity index (χ2v) is 6.02. The van der Waals surface area contributed by atoms with Gasteiger partial charge < -0.3 is 15.0 Å². The molecule has 1 aliphatic heterocycles. The molecule has 126 valence electrons. The lowest BCUT2D eigenvalue weighted by Gasteiger charge is -2.27. The summed E-state index contributed by atoms with van der Waals surface area (Å²) < 4.78 is 5.36. The van der Waals surface area contributed by atoms with Gasteiger partial charge in [-0.1, -0.05) is 30.3 Å². The molecule has 1 amide bonds. The van der Waals surface area contributed by atoms with Crippen LogP contribution >= 0.6 is 0 Å². The van der Waals surface area contributed by atoms with E-state index in [-0.39, 0.29) is 5.91 Å². The quantitative estimate of drug-likeness (QED) is 0.799. The minimum absolute atomic E-state index is 0.132.